The van der Waals surface area contributed by atoms with Crippen molar-refractivity contribution in [2.75, 3.05) is 5.32 Å². The molecule has 90 valence electrons. The fourth-order valence-corrected chi connectivity index (χ4v) is 2.25. The van der Waals surface area contributed by atoms with Gasteiger partial charge in [-0.2, -0.15) is 5.10 Å². The van der Waals surface area contributed by atoms with E-state index in [0.29, 0.717) is 0 Å². The monoisotopic (exact) mass is 293 g/mol. The van der Waals surface area contributed by atoms with Gasteiger partial charge >= 0.3 is 0 Å². The van der Waals surface area contributed by atoms with Crippen molar-refractivity contribution in [3.8, 4) is 0 Å². The van der Waals surface area contributed by atoms with Gasteiger partial charge in [0.2, 0.25) is 0 Å². The lowest BCUT2D eigenvalue weighted by Gasteiger charge is -2.15. The summed E-state index contributed by atoms with van der Waals surface area (Å²) < 4.78 is 2.93. The Morgan fingerprint density at radius 1 is 1.41 bits per heavy atom. The van der Waals surface area contributed by atoms with Crippen LogP contribution in [0.15, 0.2) is 34.9 Å². The van der Waals surface area contributed by atoms with E-state index in [4.69, 9.17) is 0 Å². The van der Waals surface area contributed by atoms with Crippen molar-refractivity contribution in [2.24, 2.45) is 7.05 Å². The molecule has 1 atom stereocenters. The average molecular weight is 294 g/mol. The lowest BCUT2D eigenvalue weighted by molar-refractivity contribution is 0.756. The Labute approximate surface area is 110 Å². The van der Waals surface area contributed by atoms with E-state index in [9.17, 15) is 0 Å². The zero-order valence-corrected chi connectivity index (χ0v) is 11.8. The molecule has 2 rings (SSSR count). The van der Waals surface area contributed by atoms with Crippen LogP contribution in [-0.4, -0.2) is 9.78 Å². The lowest BCUT2D eigenvalue weighted by Crippen LogP contribution is -2.06. The molecule has 0 aliphatic heterocycles. The van der Waals surface area contributed by atoms with Crippen LogP contribution in [0.3, 0.4) is 0 Å². The minimum Gasteiger partial charge on any atom is -0.376 e. The Morgan fingerprint density at radius 3 is 2.76 bits per heavy atom. The highest BCUT2D eigenvalue weighted by Gasteiger charge is 2.09. The second-order valence-corrected chi connectivity index (χ2v) is 5.14. The van der Waals surface area contributed by atoms with Crippen LogP contribution < -0.4 is 5.32 Å². The molecule has 0 saturated heterocycles. The predicted molar refractivity (Wildman–Crippen MR) is 74.1 cm³/mol. The second-order valence-electron chi connectivity index (χ2n) is 4.22. The Bertz CT molecular complexity index is 519. The first-order chi connectivity index (χ1) is 8.06. The van der Waals surface area contributed by atoms with Crippen LogP contribution in [-0.2, 0) is 7.05 Å². The van der Waals surface area contributed by atoms with Gasteiger partial charge in [0, 0.05) is 23.8 Å². The molecule has 1 N–H and O–H groups in total. The van der Waals surface area contributed by atoms with Gasteiger partial charge in [-0.3, -0.25) is 4.68 Å². The van der Waals surface area contributed by atoms with Crippen molar-refractivity contribution in [2.45, 2.75) is 19.9 Å². The highest BCUT2D eigenvalue weighted by molar-refractivity contribution is 9.10. The van der Waals surface area contributed by atoms with Crippen LogP contribution >= 0.6 is 15.9 Å². The van der Waals surface area contributed by atoms with E-state index in [-0.39, 0.29) is 6.04 Å². The maximum Gasteiger partial charge on any atom is 0.0825 e. The molecule has 0 aliphatic rings. The maximum atomic E-state index is 4.32. The molecule has 1 heterocycles. The molecule has 3 nitrogen and oxygen atoms in total. The lowest BCUT2D eigenvalue weighted by atomic mass is 10.1. The first kappa shape index (κ1) is 12.2. The molecule has 4 heteroatoms. The maximum absolute atomic E-state index is 4.32. The zero-order chi connectivity index (χ0) is 12.4. The third-order valence-electron chi connectivity index (χ3n) is 2.73. The smallest absolute Gasteiger partial charge is 0.0825 e. The molecule has 0 spiro atoms. The summed E-state index contributed by atoms with van der Waals surface area (Å²) in [6.45, 7) is 4.16. The molecule has 1 unspecified atom stereocenters. The summed E-state index contributed by atoms with van der Waals surface area (Å²) in [5.41, 5.74) is 3.36. The summed E-state index contributed by atoms with van der Waals surface area (Å²) in [7, 11) is 1.93. The summed E-state index contributed by atoms with van der Waals surface area (Å²) in [6, 6.07) is 8.59. The number of aromatic nitrogens is 2. The van der Waals surface area contributed by atoms with Crippen LogP contribution in [0.2, 0.25) is 0 Å². The molecule has 1 aromatic heterocycles. The topological polar surface area (TPSA) is 29.9 Å². The van der Waals surface area contributed by atoms with Gasteiger partial charge in [0.1, 0.15) is 0 Å². The molecule has 0 aliphatic carbocycles. The van der Waals surface area contributed by atoms with Crippen molar-refractivity contribution < 1.29 is 0 Å². The Morgan fingerprint density at radius 2 is 2.18 bits per heavy atom. The van der Waals surface area contributed by atoms with E-state index >= 15 is 0 Å². The number of nitrogens with zero attached hydrogens (tertiary/aromatic N) is 2. The summed E-state index contributed by atoms with van der Waals surface area (Å²) >= 11 is 3.49. The highest BCUT2D eigenvalue weighted by atomic mass is 79.9. The highest BCUT2D eigenvalue weighted by Crippen LogP contribution is 2.23. The molecular weight excluding hydrogens is 278 g/mol. The number of hydrogen-bond acceptors (Lipinski definition) is 2. The predicted octanol–water partition coefficient (Wildman–Crippen LogP) is 3.66. The van der Waals surface area contributed by atoms with Gasteiger partial charge in [-0.15, -0.1) is 0 Å². The summed E-state index contributed by atoms with van der Waals surface area (Å²) in [5.74, 6) is 0. The zero-order valence-electron chi connectivity index (χ0n) is 10.2. The van der Waals surface area contributed by atoms with Crippen LogP contribution in [0.4, 0.5) is 5.69 Å². The molecular formula is C13H16BrN3. The van der Waals surface area contributed by atoms with Crippen molar-refractivity contribution >= 4 is 21.6 Å². The number of aryl methyl sites for hydroxylation is 2. The van der Waals surface area contributed by atoms with E-state index in [1.807, 2.05) is 37.0 Å². The normalized spacial score (nSPS) is 12.5. The van der Waals surface area contributed by atoms with Gasteiger partial charge in [0.15, 0.2) is 0 Å². The molecule has 2 aromatic rings. The minimum absolute atomic E-state index is 0.260. The van der Waals surface area contributed by atoms with Crippen LogP contribution in [0.1, 0.15) is 24.2 Å². The van der Waals surface area contributed by atoms with E-state index in [2.05, 4.69) is 45.4 Å². The van der Waals surface area contributed by atoms with E-state index < -0.39 is 0 Å². The largest absolute Gasteiger partial charge is 0.376 e. The Balaban J connectivity index is 2.16. The van der Waals surface area contributed by atoms with Gasteiger partial charge in [0.05, 0.1) is 11.4 Å². The van der Waals surface area contributed by atoms with Crippen molar-refractivity contribution in [3.05, 3.63) is 46.2 Å². The molecule has 0 bridgehead atoms. The number of nitrogens with one attached hydrogen (secondary N) is 1. The molecule has 0 fully saturated rings. The average Bonchev–Trinajstić information content (AvgIpc) is 2.57. The number of hydrogen-bond donors (Lipinski definition) is 1. The fourth-order valence-electron chi connectivity index (χ4n) is 1.83. The van der Waals surface area contributed by atoms with Crippen LogP contribution in [0.5, 0.6) is 0 Å². The van der Waals surface area contributed by atoms with Gasteiger partial charge < -0.3 is 5.32 Å². The number of benzene rings is 1. The Kier molecular flexibility index (Phi) is 3.52. The van der Waals surface area contributed by atoms with E-state index in [0.717, 1.165) is 15.9 Å². The second kappa shape index (κ2) is 4.92. The standard InChI is InChI=1S/C13H16BrN3/c1-9(11-5-4-6-12(14)7-11)15-13-8-17(3)16-10(13)2/h4-9,15H,1-3H3. The first-order valence-corrected chi connectivity index (χ1v) is 6.38. The van der Waals surface area contributed by atoms with Gasteiger partial charge in [-0.1, -0.05) is 28.1 Å². The summed E-state index contributed by atoms with van der Waals surface area (Å²) in [4.78, 5) is 0. The summed E-state index contributed by atoms with van der Waals surface area (Å²) in [5, 5.41) is 7.79. The molecule has 0 amide bonds. The molecule has 0 radical (unpaired) electrons. The number of anilines is 1. The first-order valence-electron chi connectivity index (χ1n) is 5.58. The Hall–Kier alpha value is -1.29. The minimum atomic E-state index is 0.260. The number of halogens is 1. The van der Waals surface area contributed by atoms with Gasteiger partial charge in [-0.25, -0.2) is 0 Å². The fraction of sp³-hybridized carbons (Fsp3) is 0.308. The van der Waals surface area contributed by atoms with E-state index in [1.165, 1.54) is 5.56 Å². The third kappa shape index (κ3) is 2.88. The van der Waals surface area contributed by atoms with Crippen molar-refractivity contribution in [1.82, 2.24) is 9.78 Å². The van der Waals surface area contributed by atoms with Crippen LogP contribution in [0.25, 0.3) is 0 Å². The molecule has 0 saturated carbocycles. The third-order valence-corrected chi connectivity index (χ3v) is 3.23. The van der Waals surface area contributed by atoms with Gasteiger partial charge in [-0.05, 0) is 31.5 Å². The van der Waals surface area contributed by atoms with E-state index in [1.54, 1.807) is 0 Å². The van der Waals surface area contributed by atoms with Crippen molar-refractivity contribution in [3.63, 3.8) is 0 Å². The van der Waals surface area contributed by atoms with Gasteiger partial charge in [0.25, 0.3) is 0 Å². The molecule has 1 aromatic carbocycles. The number of rotatable bonds is 3. The van der Waals surface area contributed by atoms with Crippen molar-refractivity contribution in [1.29, 1.82) is 0 Å². The van der Waals surface area contributed by atoms with Crippen LogP contribution in [0, 0.1) is 6.92 Å². The SMILES string of the molecule is Cc1nn(C)cc1NC(C)c1cccc(Br)c1. The molecule has 17 heavy (non-hydrogen) atoms. The quantitative estimate of drug-likeness (QED) is 0.936. The summed E-state index contributed by atoms with van der Waals surface area (Å²) in [6.07, 6.45) is 2.00.